The van der Waals surface area contributed by atoms with Crippen molar-refractivity contribution in [2.45, 2.75) is 0 Å². The molecule has 3 heterocycles. The first kappa shape index (κ1) is 12.7. The van der Waals surface area contributed by atoms with E-state index in [9.17, 15) is 0 Å². The van der Waals surface area contributed by atoms with Crippen LogP contribution < -0.4 is 5.73 Å². The summed E-state index contributed by atoms with van der Waals surface area (Å²) >= 11 is 1.50. The second-order valence-electron chi connectivity index (χ2n) is 4.36. The van der Waals surface area contributed by atoms with Crippen LogP contribution >= 0.6 is 11.3 Å². The SMILES string of the molecule is Nc1nnc(-c2cccc(-c3nc(-c4cnon4)cs3)c2)o1. The van der Waals surface area contributed by atoms with Crippen molar-refractivity contribution in [2.75, 3.05) is 5.73 Å². The molecular formula is C13H8N6O2S. The Labute approximate surface area is 127 Å². The van der Waals surface area contributed by atoms with E-state index >= 15 is 0 Å². The third-order valence-electron chi connectivity index (χ3n) is 2.93. The summed E-state index contributed by atoms with van der Waals surface area (Å²) in [4.78, 5) is 4.53. The van der Waals surface area contributed by atoms with Crippen molar-refractivity contribution in [3.63, 3.8) is 0 Å². The summed E-state index contributed by atoms with van der Waals surface area (Å²) in [5.74, 6) is 0.372. The Morgan fingerprint density at radius 1 is 1.09 bits per heavy atom. The minimum Gasteiger partial charge on any atom is -0.404 e. The van der Waals surface area contributed by atoms with Crippen molar-refractivity contribution in [1.82, 2.24) is 25.5 Å². The fourth-order valence-corrected chi connectivity index (χ4v) is 2.75. The van der Waals surface area contributed by atoms with Gasteiger partial charge in [-0.15, -0.1) is 16.4 Å². The van der Waals surface area contributed by atoms with E-state index in [1.54, 1.807) is 0 Å². The lowest BCUT2D eigenvalue weighted by atomic mass is 10.1. The minimum absolute atomic E-state index is 0.0375. The molecule has 0 aliphatic heterocycles. The molecule has 1 aromatic carbocycles. The van der Waals surface area contributed by atoms with E-state index in [1.807, 2.05) is 29.6 Å². The predicted molar refractivity (Wildman–Crippen MR) is 78.5 cm³/mol. The topological polar surface area (TPSA) is 117 Å². The normalized spacial score (nSPS) is 10.9. The van der Waals surface area contributed by atoms with Gasteiger partial charge in [0.15, 0.2) is 5.69 Å². The van der Waals surface area contributed by atoms with Crippen molar-refractivity contribution in [3.05, 3.63) is 35.8 Å². The summed E-state index contributed by atoms with van der Waals surface area (Å²) in [6.45, 7) is 0. The van der Waals surface area contributed by atoms with Gasteiger partial charge in [-0.2, -0.15) is 0 Å². The molecule has 0 radical (unpaired) electrons. The second-order valence-corrected chi connectivity index (χ2v) is 5.21. The summed E-state index contributed by atoms with van der Waals surface area (Å²) < 4.78 is 9.82. The Bertz CT molecular complexity index is 914. The van der Waals surface area contributed by atoms with Gasteiger partial charge in [-0.25, -0.2) is 9.61 Å². The molecule has 0 aliphatic carbocycles. The number of hydrogen-bond donors (Lipinski definition) is 1. The number of benzene rings is 1. The van der Waals surface area contributed by atoms with Crippen molar-refractivity contribution < 1.29 is 9.05 Å². The van der Waals surface area contributed by atoms with E-state index in [4.69, 9.17) is 10.2 Å². The zero-order valence-electron chi connectivity index (χ0n) is 11.0. The van der Waals surface area contributed by atoms with Crippen molar-refractivity contribution in [1.29, 1.82) is 0 Å². The number of nitrogens with zero attached hydrogens (tertiary/aromatic N) is 5. The highest BCUT2D eigenvalue weighted by Crippen LogP contribution is 2.30. The zero-order chi connectivity index (χ0) is 14.9. The number of thiazole rings is 1. The van der Waals surface area contributed by atoms with Crippen LogP contribution in [0.3, 0.4) is 0 Å². The van der Waals surface area contributed by atoms with Gasteiger partial charge in [-0.1, -0.05) is 22.4 Å². The largest absolute Gasteiger partial charge is 0.404 e. The first-order valence-electron chi connectivity index (χ1n) is 6.23. The van der Waals surface area contributed by atoms with Gasteiger partial charge in [0.05, 0.1) is 0 Å². The maximum atomic E-state index is 5.45. The van der Waals surface area contributed by atoms with E-state index < -0.39 is 0 Å². The standard InChI is InChI=1S/C13H8N6O2S/c14-13-18-17-11(20-13)7-2-1-3-8(4-7)12-16-10(6-22-12)9-5-15-21-19-9/h1-6H,(H2,14,18). The van der Waals surface area contributed by atoms with Gasteiger partial charge in [-0.3, -0.25) is 0 Å². The third-order valence-corrected chi connectivity index (χ3v) is 3.82. The molecule has 0 fully saturated rings. The van der Waals surface area contributed by atoms with Gasteiger partial charge >= 0.3 is 6.01 Å². The van der Waals surface area contributed by atoms with E-state index in [-0.39, 0.29) is 6.01 Å². The van der Waals surface area contributed by atoms with Gasteiger partial charge in [0.1, 0.15) is 16.9 Å². The summed E-state index contributed by atoms with van der Waals surface area (Å²) in [7, 11) is 0. The van der Waals surface area contributed by atoms with Gasteiger partial charge < -0.3 is 10.2 Å². The first-order valence-corrected chi connectivity index (χ1v) is 7.11. The number of rotatable bonds is 3. The smallest absolute Gasteiger partial charge is 0.313 e. The van der Waals surface area contributed by atoms with Crippen molar-refractivity contribution in [2.24, 2.45) is 0 Å². The molecular weight excluding hydrogens is 304 g/mol. The molecule has 9 heteroatoms. The van der Waals surface area contributed by atoms with E-state index in [2.05, 4.69) is 30.1 Å². The second kappa shape index (κ2) is 5.04. The van der Waals surface area contributed by atoms with Crippen LogP contribution in [0.25, 0.3) is 33.4 Å². The summed E-state index contributed by atoms with van der Waals surface area (Å²) in [6, 6.07) is 7.66. The number of nitrogen functional groups attached to an aromatic ring is 1. The Balaban J connectivity index is 1.71. The fourth-order valence-electron chi connectivity index (χ4n) is 1.94. The molecule has 2 N–H and O–H groups in total. The van der Waals surface area contributed by atoms with E-state index in [1.165, 1.54) is 17.5 Å². The molecule has 0 saturated heterocycles. The molecule has 4 aromatic rings. The lowest BCUT2D eigenvalue weighted by molar-refractivity contribution is 0.308. The average molecular weight is 312 g/mol. The van der Waals surface area contributed by atoms with Crippen LogP contribution in [0.2, 0.25) is 0 Å². The van der Waals surface area contributed by atoms with Crippen LogP contribution in [0, 0.1) is 0 Å². The first-order chi connectivity index (χ1) is 10.8. The van der Waals surface area contributed by atoms with Crippen LogP contribution in [0.5, 0.6) is 0 Å². The fraction of sp³-hybridized carbons (Fsp3) is 0. The Morgan fingerprint density at radius 3 is 2.77 bits per heavy atom. The predicted octanol–water partition coefficient (Wildman–Crippen LogP) is 2.49. The van der Waals surface area contributed by atoms with Crippen LogP contribution in [0.15, 0.2) is 44.9 Å². The molecule has 0 amide bonds. The molecule has 0 unspecified atom stereocenters. The number of nitrogens with two attached hydrogens (primary N) is 1. The molecule has 108 valence electrons. The van der Waals surface area contributed by atoms with Crippen LogP contribution in [0.4, 0.5) is 6.01 Å². The van der Waals surface area contributed by atoms with Crippen molar-refractivity contribution in [3.8, 4) is 33.4 Å². The number of anilines is 1. The number of hydrogen-bond acceptors (Lipinski definition) is 9. The highest BCUT2D eigenvalue weighted by molar-refractivity contribution is 7.13. The summed E-state index contributed by atoms with van der Waals surface area (Å²) in [6.07, 6.45) is 1.52. The maximum absolute atomic E-state index is 5.45. The van der Waals surface area contributed by atoms with Crippen LogP contribution in [-0.4, -0.2) is 25.5 Å². The minimum atomic E-state index is 0.0375. The van der Waals surface area contributed by atoms with Gasteiger partial charge in [0.25, 0.3) is 0 Å². The molecule has 8 nitrogen and oxygen atoms in total. The lowest BCUT2D eigenvalue weighted by Gasteiger charge is -1.99. The van der Waals surface area contributed by atoms with Crippen LogP contribution in [-0.2, 0) is 0 Å². The summed E-state index contributed by atoms with van der Waals surface area (Å²) in [5, 5.41) is 17.6. The zero-order valence-corrected chi connectivity index (χ0v) is 11.8. The van der Waals surface area contributed by atoms with Crippen molar-refractivity contribution >= 4 is 17.4 Å². The third kappa shape index (κ3) is 2.23. The van der Waals surface area contributed by atoms with Crippen LogP contribution in [0.1, 0.15) is 0 Å². The molecule has 0 bridgehead atoms. The van der Waals surface area contributed by atoms with Gasteiger partial charge in [-0.05, 0) is 17.3 Å². The maximum Gasteiger partial charge on any atom is 0.313 e. The molecule has 4 rings (SSSR count). The van der Waals surface area contributed by atoms with Gasteiger partial charge in [0.2, 0.25) is 5.89 Å². The number of aromatic nitrogens is 5. The molecule has 0 atom stereocenters. The average Bonchev–Trinajstić information content (AvgIpc) is 3.28. The monoisotopic (exact) mass is 312 g/mol. The molecule has 0 spiro atoms. The van der Waals surface area contributed by atoms with E-state index in [0.717, 1.165) is 16.1 Å². The quantitative estimate of drug-likeness (QED) is 0.613. The molecule has 0 saturated carbocycles. The highest BCUT2D eigenvalue weighted by Gasteiger charge is 2.12. The Morgan fingerprint density at radius 2 is 2.00 bits per heavy atom. The Kier molecular flexibility index (Phi) is 2.90. The molecule has 0 aliphatic rings. The summed E-state index contributed by atoms with van der Waals surface area (Å²) in [5.41, 5.74) is 8.48. The Hall–Kier alpha value is -3.07. The molecule has 22 heavy (non-hydrogen) atoms. The lowest BCUT2D eigenvalue weighted by Crippen LogP contribution is -1.82. The molecule has 3 aromatic heterocycles. The van der Waals surface area contributed by atoms with Gasteiger partial charge in [0, 0.05) is 16.5 Å². The highest BCUT2D eigenvalue weighted by atomic mass is 32.1. The van der Waals surface area contributed by atoms with E-state index in [0.29, 0.717) is 17.3 Å².